The Hall–Kier alpha value is -3.48. The molecule has 0 aromatic heterocycles. The van der Waals surface area contributed by atoms with E-state index < -0.39 is 17.7 Å². The zero-order chi connectivity index (χ0) is 23.5. The molecule has 1 atom stereocenters. The first kappa shape index (κ1) is 22.7. The monoisotopic (exact) mass is 451 g/mol. The molecule has 4 rings (SSSR count). The third-order valence-electron chi connectivity index (χ3n) is 5.76. The van der Waals surface area contributed by atoms with Crippen molar-refractivity contribution in [3.05, 3.63) is 59.2 Å². The average Bonchev–Trinajstić information content (AvgIpc) is 3.36. The summed E-state index contributed by atoms with van der Waals surface area (Å²) in [6.07, 6.45) is 2.74. The minimum Gasteiger partial charge on any atom is -0.507 e. The summed E-state index contributed by atoms with van der Waals surface area (Å²) in [5.74, 6) is 0.256. The molecule has 174 valence electrons. The Bertz CT molecular complexity index is 1070. The van der Waals surface area contributed by atoms with Crippen LogP contribution in [0.1, 0.15) is 57.2 Å². The second-order valence-electron chi connectivity index (χ2n) is 8.50. The molecule has 0 saturated carbocycles. The van der Waals surface area contributed by atoms with Crippen LogP contribution >= 0.6 is 0 Å². The van der Waals surface area contributed by atoms with Crippen molar-refractivity contribution in [2.45, 2.75) is 52.2 Å². The number of Topliss-reactive ketones (excluding diaryl/α,β-unsaturated/α-hetero) is 1. The second kappa shape index (κ2) is 9.57. The first-order valence-electron chi connectivity index (χ1n) is 11.4. The number of ketones is 1. The van der Waals surface area contributed by atoms with Crippen molar-refractivity contribution in [1.29, 1.82) is 0 Å². The minimum atomic E-state index is -0.686. The first-order valence-corrected chi connectivity index (χ1v) is 11.4. The highest BCUT2D eigenvalue weighted by Gasteiger charge is 2.45. The van der Waals surface area contributed by atoms with Crippen molar-refractivity contribution in [3.8, 4) is 17.2 Å². The van der Waals surface area contributed by atoms with Crippen molar-refractivity contribution in [2.24, 2.45) is 0 Å². The third kappa shape index (κ3) is 4.53. The Morgan fingerprint density at radius 2 is 1.82 bits per heavy atom. The van der Waals surface area contributed by atoms with E-state index in [1.807, 2.05) is 38.1 Å². The molecule has 0 radical (unpaired) electrons. The quantitative estimate of drug-likeness (QED) is 0.268. The van der Waals surface area contributed by atoms with Gasteiger partial charge >= 0.3 is 0 Å². The van der Waals surface area contributed by atoms with Gasteiger partial charge in [-0.05, 0) is 56.2 Å². The number of rotatable bonds is 8. The number of unbranched alkanes of at least 4 members (excludes halogenated alkanes) is 2. The van der Waals surface area contributed by atoms with E-state index in [1.54, 1.807) is 23.1 Å². The standard InChI is InChI=1S/C26H29NO6/c1-4-5-6-13-27-23(17-7-10-19(11-8-17)33-16(2)3)22(25(29)26(27)30)24(28)18-9-12-20-21(14-18)32-15-31-20/h7-12,14,16,23,28H,4-6,13,15H2,1-3H3/b24-22-. The molecule has 2 aliphatic rings. The number of fused-ring (bicyclic) bond motifs is 1. The van der Waals surface area contributed by atoms with Gasteiger partial charge in [0.25, 0.3) is 11.7 Å². The summed E-state index contributed by atoms with van der Waals surface area (Å²) in [4.78, 5) is 27.7. The maximum atomic E-state index is 13.1. The Balaban J connectivity index is 1.76. The van der Waals surface area contributed by atoms with Gasteiger partial charge in [0.15, 0.2) is 11.5 Å². The highest BCUT2D eigenvalue weighted by Crippen LogP contribution is 2.41. The molecule has 1 fully saturated rings. The van der Waals surface area contributed by atoms with E-state index in [-0.39, 0.29) is 24.2 Å². The molecule has 7 nitrogen and oxygen atoms in total. The average molecular weight is 452 g/mol. The van der Waals surface area contributed by atoms with E-state index in [2.05, 4.69) is 6.92 Å². The highest BCUT2D eigenvalue weighted by molar-refractivity contribution is 6.46. The van der Waals surface area contributed by atoms with Crippen molar-refractivity contribution in [1.82, 2.24) is 4.90 Å². The predicted octanol–water partition coefficient (Wildman–Crippen LogP) is 4.81. The number of benzene rings is 2. The number of likely N-dealkylation sites (tertiary alicyclic amines) is 1. The molecule has 0 aliphatic carbocycles. The second-order valence-corrected chi connectivity index (χ2v) is 8.50. The number of aliphatic hydroxyl groups excluding tert-OH is 1. The van der Waals surface area contributed by atoms with Gasteiger partial charge in [-0.25, -0.2) is 0 Å². The molecule has 1 amide bonds. The van der Waals surface area contributed by atoms with Crippen LogP contribution in [0.3, 0.4) is 0 Å². The Morgan fingerprint density at radius 1 is 1.09 bits per heavy atom. The molecule has 1 saturated heterocycles. The van der Waals surface area contributed by atoms with Gasteiger partial charge in [-0.2, -0.15) is 0 Å². The molecule has 2 aromatic rings. The lowest BCUT2D eigenvalue weighted by Crippen LogP contribution is -2.30. The smallest absolute Gasteiger partial charge is 0.295 e. The maximum absolute atomic E-state index is 13.1. The van der Waals surface area contributed by atoms with Crippen LogP contribution in [0.5, 0.6) is 17.2 Å². The van der Waals surface area contributed by atoms with Crippen molar-refractivity contribution in [2.75, 3.05) is 13.3 Å². The SMILES string of the molecule is CCCCCN1C(=O)C(=O)/C(=C(\O)c2ccc3c(c2)OCO3)C1c1ccc(OC(C)C)cc1. The van der Waals surface area contributed by atoms with Gasteiger partial charge in [0, 0.05) is 12.1 Å². The third-order valence-corrected chi connectivity index (χ3v) is 5.76. The summed E-state index contributed by atoms with van der Waals surface area (Å²) in [7, 11) is 0. The summed E-state index contributed by atoms with van der Waals surface area (Å²) in [6.45, 7) is 6.51. The van der Waals surface area contributed by atoms with Crippen LogP contribution in [-0.4, -0.2) is 41.1 Å². The molecule has 33 heavy (non-hydrogen) atoms. The Kier molecular flexibility index (Phi) is 6.58. The van der Waals surface area contributed by atoms with Gasteiger partial charge < -0.3 is 24.2 Å². The lowest BCUT2D eigenvalue weighted by Gasteiger charge is -2.25. The molecule has 1 unspecified atom stereocenters. The minimum absolute atomic E-state index is 0.0292. The van der Waals surface area contributed by atoms with E-state index in [0.29, 0.717) is 29.4 Å². The maximum Gasteiger partial charge on any atom is 0.295 e. The van der Waals surface area contributed by atoms with Crippen LogP contribution in [0.2, 0.25) is 0 Å². The van der Waals surface area contributed by atoms with Gasteiger partial charge in [-0.3, -0.25) is 9.59 Å². The highest BCUT2D eigenvalue weighted by atomic mass is 16.7. The van der Waals surface area contributed by atoms with Gasteiger partial charge in [-0.1, -0.05) is 31.9 Å². The fraction of sp³-hybridized carbons (Fsp3) is 0.385. The van der Waals surface area contributed by atoms with Gasteiger partial charge in [0.2, 0.25) is 6.79 Å². The van der Waals surface area contributed by atoms with Crippen LogP contribution in [0.4, 0.5) is 0 Å². The molecule has 2 aliphatic heterocycles. The number of aliphatic hydroxyl groups is 1. The van der Waals surface area contributed by atoms with Crippen LogP contribution in [0.15, 0.2) is 48.0 Å². The van der Waals surface area contributed by atoms with Crippen LogP contribution in [-0.2, 0) is 9.59 Å². The molecule has 0 spiro atoms. The van der Waals surface area contributed by atoms with Crippen LogP contribution < -0.4 is 14.2 Å². The van der Waals surface area contributed by atoms with Crippen LogP contribution in [0, 0.1) is 0 Å². The molecular formula is C26H29NO6. The number of amides is 1. The summed E-state index contributed by atoms with van der Waals surface area (Å²) in [5, 5.41) is 11.2. The fourth-order valence-corrected chi connectivity index (χ4v) is 4.19. The molecule has 1 N–H and O–H groups in total. The predicted molar refractivity (Wildman–Crippen MR) is 123 cm³/mol. The zero-order valence-corrected chi connectivity index (χ0v) is 19.2. The Labute approximate surface area is 193 Å². The van der Waals surface area contributed by atoms with E-state index in [4.69, 9.17) is 14.2 Å². The van der Waals surface area contributed by atoms with Crippen molar-refractivity contribution < 1.29 is 28.9 Å². The summed E-state index contributed by atoms with van der Waals surface area (Å²) in [6, 6.07) is 11.6. The normalized spacial score (nSPS) is 18.9. The summed E-state index contributed by atoms with van der Waals surface area (Å²) < 4.78 is 16.5. The summed E-state index contributed by atoms with van der Waals surface area (Å²) in [5.41, 5.74) is 1.22. The van der Waals surface area contributed by atoms with Gasteiger partial charge in [-0.15, -0.1) is 0 Å². The molecular weight excluding hydrogens is 422 g/mol. The summed E-state index contributed by atoms with van der Waals surface area (Å²) >= 11 is 0. The number of ether oxygens (including phenoxy) is 3. The molecule has 7 heteroatoms. The molecule has 0 bridgehead atoms. The number of hydrogen-bond acceptors (Lipinski definition) is 6. The van der Waals surface area contributed by atoms with E-state index in [0.717, 1.165) is 24.8 Å². The van der Waals surface area contributed by atoms with Gasteiger partial charge in [0.05, 0.1) is 17.7 Å². The topological polar surface area (TPSA) is 85.3 Å². The number of nitrogens with zero attached hydrogens (tertiary/aromatic N) is 1. The zero-order valence-electron chi connectivity index (χ0n) is 19.2. The van der Waals surface area contributed by atoms with Crippen LogP contribution in [0.25, 0.3) is 5.76 Å². The van der Waals surface area contributed by atoms with E-state index >= 15 is 0 Å². The molecule has 2 aromatic carbocycles. The van der Waals surface area contributed by atoms with E-state index in [1.165, 1.54) is 0 Å². The first-order chi connectivity index (χ1) is 15.9. The largest absolute Gasteiger partial charge is 0.507 e. The van der Waals surface area contributed by atoms with Crippen molar-refractivity contribution >= 4 is 17.4 Å². The van der Waals surface area contributed by atoms with E-state index in [9.17, 15) is 14.7 Å². The Morgan fingerprint density at radius 3 is 2.52 bits per heavy atom. The molecule has 2 heterocycles. The van der Waals surface area contributed by atoms with Gasteiger partial charge in [0.1, 0.15) is 11.5 Å². The lowest BCUT2D eigenvalue weighted by atomic mass is 9.95. The lowest BCUT2D eigenvalue weighted by molar-refractivity contribution is -0.139. The fourth-order valence-electron chi connectivity index (χ4n) is 4.19. The number of carbonyl (C=O) groups is 2. The number of carbonyl (C=O) groups excluding carboxylic acids is 2. The number of hydrogen-bond donors (Lipinski definition) is 1. The van der Waals surface area contributed by atoms with Crippen molar-refractivity contribution in [3.63, 3.8) is 0 Å².